The highest BCUT2D eigenvalue weighted by Gasteiger charge is 2.08. The van der Waals surface area contributed by atoms with Crippen LogP contribution in [0.4, 0.5) is 0 Å². The zero-order chi connectivity index (χ0) is 32.4. The predicted molar refractivity (Wildman–Crippen MR) is 159 cm³/mol. The second-order valence-corrected chi connectivity index (χ2v) is 7.88. The average molecular weight is 593 g/mol. The molecule has 0 aliphatic carbocycles. The van der Waals surface area contributed by atoms with Crippen LogP contribution in [0.2, 0.25) is 0 Å². The van der Waals surface area contributed by atoms with Crippen molar-refractivity contribution in [3.05, 3.63) is 107 Å². The van der Waals surface area contributed by atoms with Crippen LogP contribution in [0.25, 0.3) is 0 Å². The number of hydrogen-bond acceptors (Lipinski definition) is 11. The number of nitrogens with one attached hydrogen (secondary N) is 2. The third-order valence-electron chi connectivity index (χ3n) is 4.83. The third-order valence-corrected chi connectivity index (χ3v) is 4.83. The number of benzene rings is 4. The molecular weight excluding hydrogens is 560 g/mol. The number of carbonyl (C=O) groups excluding carboxylic acids is 3. The maximum Gasteiger partial charge on any atom is 0.271 e. The van der Waals surface area contributed by atoms with Gasteiger partial charge in [-0.25, -0.2) is 11.3 Å². The van der Waals surface area contributed by atoms with Crippen LogP contribution in [0.1, 0.15) is 50.5 Å². The van der Waals surface area contributed by atoms with Gasteiger partial charge in [0.2, 0.25) is 0 Å². The molecule has 43 heavy (non-hydrogen) atoms. The number of rotatable bonds is 5. The highest BCUT2D eigenvalue weighted by molar-refractivity contribution is 5.96. The minimum absolute atomic E-state index is 0.0347. The van der Waals surface area contributed by atoms with Gasteiger partial charge >= 0.3 is 0 Å². The first-order valence-corrected chi connectivity index (χ1v) is 12.5. The molecule has 0 fully saturated rings. The van der Waals surface area contributed by atoms with E-state index in [4.69, 9.17) is 21.2 Å². The molecule has 13 heteroatoms. The van der Waals surface area contributed by atoms with Crippen molar-refractivity contribution in [1.82, 2.24) is 10.9 Å². The topological polar surface area (TPSA) is 235 Å². The molecule has 0 aromatic heterocycles. The lowest BCUT2D eigenvalue weighted by Crippen LogP contribution is -2.29. The van der Waals surface area contributed by atoms with E-state index in [1.54, 1.807) is 36.4 Å². The molecule has 0 bridgehead atoms. The Morgan fingerprint density at radius 3 is 1.42 bits per heavy atom. The second-order valence-electron chi connectivity index (χ2n) is 7.88. The molecule has 0 aliphatic rings. The summed E-state index contributed by atoms with van der Waals surface area (Å²) in [5, 5.41) is 58.5. The Hall–Kier alpha value is -6.08. The van der Waals surface area contributed by atoms with E-state index in [1.165, 1.54) is 42.6 Å². The standard InChI is InChI=1S/C14H12N2O4.C7H8N2O3.C7H6O2.C2H6/c17-11-5-10(6-12(18)7-11)14(20)16-15-8-9-3-1-2-4-13(9)19;8-9-7(12)4-1-5(10)3-6(11)2-4;8-5-6-3-1-2-4-7(6)9;1-2/h1-8,17-19H,(H,16,20);1-3,10-11H,8H2,(H,9,12);1-5,9H;1-2H3/b15-8-;;;. The number of carbonyl (C=O) groups is 3. The van der Waals surface area contributed by atoms with Crippen molar-refractivity contribution in [2.75, 3.05) is 0 Å². The highest BCUT2D eigenvalue weighted by Crippen LogP contribution is 2.21. The number of phenolic OH excluding ortho intramolecular Hbond substituents is 6. The van der Waals surface area contributed by atoms with Gasteiger partial charge in [-0.3, -0.25) is 19.8 Å². The number of hydrogen-bond donors (Lipinski definition) is 9. The summed E-state index contributed by atoms with van der Waals surface area (Å²) >= 11 is 0. The molecule has 0 saturated heterocycles. The molecule has 4 aromatic carbocycles. The number of hydrazine groups is 1. The van der Waals surface area contributed by atoms with Crippen molar-refractivity contribution < 1.29 is 45.0 Å². The first kappa shape index (κ1) is 34.9. The number of nitrogens with zero attached hydrogens (tertiary/aromatic N) is 1. The molecule has 2 amide bonds. The Labute approximate surface area is 246 Å². The van der Waals surface area contributed by atoms with Gasteiger partial charge in [-0.1, -0.05) is 38.1 Å². The number of nitrogen functional groups attached to an aromatic ring is 1. The van der Waals surface area contributed by atoms with Crippen LogP contribution in [-0.2, 0) is 0 Å². The smallest absolute Gasteiger partial charge is 0.271 e. The van der Waals surface area contributed by atoms with Crippen LogP contribution in [0.15, 0.2) is 90.0 Å². The average Bonchev–Trinajstić information content (AvgIpc) is 2.98. The lowest BCUT2D eigenvalue weighted by Gasteiger charge is -2.02. The van der Waals surface area contributed by atoms with Gasteiger partial charge in [-0.2, -0.15) is 5.10 Å². The summed E-state index contributed by atoms with van der Waals surface area (Å²) in [7, 11) is 0. The Kier molecular flexibility index (Phi) is 14.9. The van der Waals surface area contributed by atoms with Gasteiger partial charge in [0.15, 0.2) is 6.29 Å². The van der Waals surface area contributed by atoms with Crippen LogP contribution >= 0.6 is 0 Å². The summed E-state index contributed by atoms with van der Waals surface area (Å²) < 4.78 is 0. The van der Waals surface area contributed by atoms with Gasteiger partial charge in [0.05, 0.1) is 11.8 Å². The Balaban J connectivity index is 0.000000342. The summed E-state index contributed by atoms with van der Waals surface area (Å²) in [6, 6.07) is 19.9. The molecule has 10 N–H and O–H groups in total. The van der Waals surface area contributed by atoms with E-state index in [0.29, 0.717) is 17.4 Å². The zero-order valence-corrected chi connectivity index (χ0v) is 23.2. The molecule has 0 aliphatic heterocycles. The summed E-state index contributed by atoms with van der Waals surface area (Å²) in [5.74, 6) is 2.94. The first-order chi connectivity index (χ1) is 20.5. The number of aldehydes is 1. The highest BCUT2D eigenvalue weighted by atomic mass is 16.3. The normalized spacial score (nSPS) is 9.56. The van der Waals surface area contributed by atoms with E-state index in [9.17, 15) is 29.7 Å². The van der Waals surface area contributed by atoms with Crippen molar-refractivity contribution in [3.63, 3.8) is 0 Å². The largest absolute Gasteiger partial charge is 0.508 e. The number of nitrogens with two attached hydrogens (primary N) is 1. The number of hydrazone groups is 1. The van der Waals surface area contributed by atoms with Crippen LogP contribution in [0, 0.1) is 0 Å². The number of amides is 2. The molecule has 226 valence electrons. The van der Waals surface area contributed by atoms with E-state index < -0.39 is 11.8 Å². The fourth-order valence-corrected chi connectivity index (χ4v) is 2.94. The summed E-state index contributed by atoms with van der Waals surface area (Å²) in [6.07, 6.45) is 1.91. The molecule has 0 spiro atoms. The molecule has 13 nitrogen and oxygen atoms in total. The molecule has 0 atom stereocenters. The van der Waals surface area contributed by atoms with Gasteiger partial charge in [0.25, 0.3) is 11.8 Å². The Morgan fingerprint density at radius 2 is 1.05 bits per heavy atom. The van der Waals surface area contributed by atoms with Crippen molar-refractivity contribution in [2.24, 2.45) is 10.9 Å². The Bertz CT molecular complexity index is 1500. The van der Waals surface area contributed by atoms with Crippen LogP contribution < -0.4 is 16.7 Å². The monoisotopic (exact) mass is 592 g/mol. The van der Waals surface area contributed by atoms with Gasteiger partial charge in [-0.05, 0) is 48.5 Å². The van der Waals surface area contributed by atoms with Gasteiger partial charge in [0, 0.05) is 28.8 Å². The van der Waals surface area contributed by atoms with Crippen molar-refractivity contribution >= 4 is 24.3 Å². The lowest BCUT2D eigenvalue weighted by molar-refractivity contribution is 0.0946. The molecule has 0 saturated carbocycles. The molecule has 0 unspecified atom stereocenters. The van der Waals surface area contributed by atoms with E-state index in [2.05, 4.69) is 10.5 Å². The minimum Gasteiger partial charge on any atom is -0.508 e. The lowest BCUT2D eigenvalue weighted by atomic mass is 10.2. The van der Waals surface area contributed by atoms with Crippen LogP contribution in [0.5, 0.6) is 34.5 Å². The first-order valence-electron chi connectivity index (χ1n) is 12.5. The predicted octanol–water partition coefficient (Wildman–Crippen LogP) is 3.50. The Morgan fingerprint density at radius 1 is 0.651 bits per heavy atom. The number of aromatic hydroxyl groups is 6. The molecule has 4 aromatic rings. The third kappa shape index (κ3) is 12.3. The maximum absolute atomic E-state index is 11.7. The van der Waals surface area contributed by atoms with Gasteiger partial charge < -0.3 is 30.6 Å². The van der Waals surface area contributed by atoms with Crippen LogP contribution in [-0.4, -0.2) is 55.0 Å². The zero-order valence-electron chi connectivity index (χ0n) is 23.2. The molecule has 0 radical (unpaired) electrons. The van der Waals surface area contributed by atoms with E-state index in [1.807, 2.05) is 19.3 Å². The van der Waals surface area contributed by atoms with E-state index in [0.717, 1.165) is 12.1 Å². The minimum atomic E-state index is -0.595. The fourth-order valence-electron chi connectivity index (χ4n) is 2.94. The van der Waals surface area contributed by atoms with Crippen molar-refractivity contribution in [1.29, 1.82) is 0 Å². The summed E-state index contributed by atoms with van der Waals surface area (Å²) in [4.78, 5) is 32.6. The quantitative estimate of drug-likeness (QED) is 0.0537. The fraction of sp³-hybridized carbons (Fsp3) is 0.0667. The number of phenols is 6. The van der Waals surface area contributed by atoms with Crippen molar-refractivity contribution in [2.45, 2.75) is 13.8 Å². The van der Waals surface area contributed by atoms with Crippen LogP contribution in [0.3, 0.4) is 0 Å². The molecular formula is C30H32N4O9. The maximum atomic E-state index is 11.7. The van der Waals surface area contributed by atoms with Gasteiger partial charge in [-0.15, -0.1) is 0 Å². The molecule has 0 heterocycles. The summed E-state index contributed by atoms with van der Waals surface area (Å²) in [6.45, 7) is 4.00. The molecule has 4 rings (SSSR count). The van der Waals surface area contributed by atoms with Gasteiger partial charge in [0.1, 0.15) is 34.5 Å². The summed E-state index contributed by atoms with van der Waals surface area (Å²) in [5.41, 5.74) is 5.06. The van der Waals surface area contributed by atoms with Crippen molar-refractivity contribution in [3.8, 4) is 34.5 Å². The number of para-hydroxylation sites is 2. The van der Waals surface area contributed by atoms with E-state index in [-0.39, 0.29) is 45.6 Å². The second kappa shape index (κ2) is 18.3. The SMILES string of the molecule is CC.NNC(=O)c1cc(O)cc(O)c1.O=C(N/N=C\c1ccccc1O)c1cc(O)cc(O)c1.O=Cc1ccccc1O. The van der Waals surface area contributed by atoms with E-state index >= 15 is 0 Å².